The predicted octanol–water partition coefficient (Wildman–Crippen LogP) is 12.6. The van der Waals surface area contributed by atoms with E-state index in [0.717, 1.165) is 51.3 Å². The van der Waals surface area contributed by atoms with Gasteiger partial charge >= 0.3 is 35.8 Å². The first-order valence-electron chi connectivity index (χ1n) is 32.7. The Morgan fingerprint density at radius 1 is 0.607 bits per heavy atom. The van der Waals surface area contributed by atoms with E-state index < -0.39 is 123 Å². The summed E-state index contributed by atoms with van der Waals surface area (Å²) in [5.41, 5.74) is 9.94. The lowest BCUT2D eigenvalue weighted by Crippen LogP contribution is -2.71. The molecule has 107 heavy (non-hydrogen) atoms. The number of alkyl halides is 3. The van der Waals surface area contributed by atoms with Gasteiger partial charge in [-0.25, -0.2) is 24.4 Å². The fraction of sp³-hybridized carbons (Fsp3) is 0.141. The highest BCUT2D eigenvalue weighted by Crippen LogP contribution is 2.49. The maximum Gasteiger partial charge on any atom is 0.379 e. The Bertz CT molecular complexity index is 5030. The molecule has 2 aliphatic heterocycles. The molecule has 0 unspecified atom stereocenters. The van der Waals surface area contributed by atoms with Gasteiger partial charge in [-0.15, -0.1) is 63.4 Å². The third-order valence-corrected chi connectivity index (χ3v) is 20.9. The Hall–Kier alpha value is -11.5. The summed E-state index contributed by atoms with van der Waals surface area (Å²) in [7, 11) is 0. The van der Waals surface area contributed by atoms with Gasteiger partial charge in [0.25, 0.3) is 23.4 Å². The molecule has 538 valence electrons. The largest absolute Gasteiger partial charge is 0.448 e. The number of rotatable bonds is 26. The van der Waals surface area contributed by atoms with Gasteiger partial charge in [-0.2, -0.15) is 9.50 Å². The monoisotopic (exact) mass is 1550 g/mol. The van der Waals surface area contributed by atoms with E-state index in [1.54, 1.807) is 37.3 Å². The number of amides is 2. The molecule has 8 aromatic carbocycles. The fourth-order valence-corrected chi connectivity index (χ4v) is 15.9. The summed E-state index contributed by atoms with van der Waals surface area (Å²) < 4.78 is 30.0. The SMILES string of the molecule is Cc1cc(SCC2=C(C(=O)OC(c3ccccc3)c3ccccc3)N3C(=O)[C@@H](NC(=O)C(=NOC(=O)c4cc(OC(=O)CCl)c(OC(=O)CCl)c(OC(=O)CCl)c4)c4nc(C(c5ccccc5)(c5ccccc5)c5ccccc5)sc4N)[C@H]3SC2)n2nc(C(=O)OC(c3ccccc3)c3ccccc3)nc2n1. The molecule has 0 aliphatic carbocycles. The van der Waals surface area contributed by atoms with E-state index in [-0.39, 0.29) is 39.5 Å². The minimum Gasteiger partial charge on any atom is -0.448 e. The molecule has 0 saturated carbocycles. The number of fused-ring (bicyclic) bond motifs is 2. The molecule has 11 aromatic rings. The second-order valence-electron chi connectivity index (χ2n) is 23.7. The zero-order valence-electron chi connectivity index (χ0n) is 56.1. The van der Waals surface area contributed by atoms with E-state index in [2.05, 4.69) is 25.5 Å². The van der Waals surface area contributed by atoms with Crippen LogP contribution in [0.4, 0.5) is 5.00 Å². The number of nitrogens with one attached hydrogen (secondary N) is 1. The zero-order valence-corrected chi connectivity index (χ0v) is 60.8. The van der Waals surface area contributed by atoms with Gasteiger partial charge in [-0.1, -0.05) is 229 Å². The third-order valence-electron chi connectivity index (χ3n) is 16.9. The van der Waals surface area contributed by atoms with Crippen molar-refractivity contribution in [3.63, 3.8) is 0 Å². The molecule has 5 heterocycles. The number of nitrogens with two attached hydrogens (primary N) is 1. The minimum absolute atomic E-state index is 0.0349. The van der Waals surface area contributed by atoms with Crippen LogP contribution in [-0.4, -0.2) is 123 Å². The Morgan fingerprint density at radius 3 is 1.54 bits per heavy atom. The van der Waals surface area contributed by atoms with Gasteiger partial charge in [0.2, 0.25) is 5.75 Å². The lowest BCUT2D eigenvalue weighted by Gasteiger charge is -2.49. The van der Waals surface area contributed by atoms with Crippen LogP contribution in [0.25, 0.3) is 5.78 Å². The van der Waals surface area contributed by atoms with E-state index in [0.29, 0.717) is 32.4 Å². The van der Waals surface area contributed by atoms with Crippen molar-refractivity contribution in [1.29, 1.82) is 0 Å². The molecule has 1 saturated heterocycles. The number of nitrogens with zero attached hydrogens (tertiary/aromatic N) is 7. The highest BCUT2D eigenvalue weighted by Gasteiger charge is 2.55. The first-order chi connectivity index (χ1) is 52.0. The lowest BCUT2D eigenvalue weighted by molar-refractivity contribution is -0.154. The van der Waals surface area contributed by atoms with E-state index in [1.807, 2.05) is 188 Å². The Morgan fingerprint density at radius 2 is 1.07 bits per heavy atom. The molecule has 3 N–H and O–H groups in total. The van der Waals surface area contributed by atoms with Gasteiger partial charge in [0.05, 0.1) is 11.0 Å². The number of oxime groups is 1. The standard InChI is InChI=1S/C78H58Cl3N9O14S3/c1-45-37-57(90-77(83-45)86-69(87-90)75(98)103-66(48-27-13-4-14-28-48)49-29-15-5-16-30-49)105-43-51-44-106-72-63(71(95)89(72)64(51)74(97)102-65(46-23-9-2-10-24-46)47-25-11-3-12-26-47)84-70(94)62(88-104-73(96)50-38-55(99-58(91)40-79)67(101-60(93)42-81)56(39-50)100-59(92)41-80)61-68(82)107-76(85-61)78(52-31-17-6-18-32-52,53-33-19-7-20-34-53)54-35-21-8-22-36-54/h2-39,63,65-66,72H,40-44,82H2,1H3,(H,84,94)/t63-,72-/m1/s1. The van der Waals surface area contributed by atoms with Crippen molar-refractivity contribution in [2.24, 2.45) is 5.16 Å². The molecule has 2 atom stereocenters. The van der Waals surface area contributed by atoms with Gasteiger partial charge < -0.3 is 39.6 Å². The number of thiazole rings is 1. The molecule has 0 spiro atoms. The second-order valence-corrected chi connectivity index (χ2v) is 27.7. The molecule has 1 fully saturated rings. The topological polar surface area (TPSA) is 302 Å². The smallest absolute Gasteiger partial charge is 0.379 e. The van der Waals surface area contributed by atoms with Gasteiger partial charge in [0.15, 0.2) is 29.4 Å². The molecular weight excluding hydrogens is 1490 g/mol. The number of halogens is 3. The molecule has 13 rings (SSSR count). The molecular formula is C78H58Cl3N9O14S3. The number of aryl methyl sites for hydroxylation is 1. The van der Waals surface area contributed by atoms with E-state index >= 15 is 14.4 Å². The molecule has 0 radical (unpaired) electrons. The van der Waals surface area contributed by atoms with Crippen molar-refractivity contribution >= 4 is 134 Å². The number of ether oxygens (including phenoxy) is 5. The Kier molecular flexibility index (Phi) is 23.0. The number of benzene rings is 8. The van der Waals surface area contributed by atoms with Crippen LogP contribution in [0.5, 0.6) is 17.2 Å². The number of hydrogen-bond donors (Lipinski definition) is 2. The van der Waals surface area contributed by atoms with Crippen LogP contribution in [-0.2, 0) is 48.5 Å². The van der Waals surface area contributed by atoms with Gasteiger partial charge in [-0.3, -0.25) is 28.9 Å². The van der Waals surface area contributed by atoms with Crippen molar-refractivity contribution in [3.8, 4) is 17.2 Å². The average molecular weight is 1550 g/mol. The maximum absolute atomic E-state index is 15.6. The molecule has 23 nitrogen and oxygen atoms in total. The normalized spacial score (nSPS) is 14.2. The summed E-state index contributed by atoms with van der Waals surface area (Å²) in [5.74, 6) is -12.6. The average Bonchev–Trinajstić information content (AvgIpc) is 1.72. The summed E-state index contributed by atoms with van der Waals surface area (Å²) in [6.45, 7) is 1.75. The van der Waals surface area contributed by atoms with Crippen molar-refractivity contribution in [1.82, 2.24) is 34.8 Å². The number of nitrogen functional groups attached to an aromatic ring is 1. The van der Waals surface area contributed by atoms with Crippen molar-refractivity contribution in [3.05, 3.63) is 309 Å². The summed E-state index contributed by atoms with van der Waals surface area (Å²) in [5, 5.41) is 11.2. The summed E-state index contributed by atoms with van der Waals surface area (Å²) >= 11 is 20.8. The van der Waals surface area contributed by atoms with Gasteiger partial charge in [-0.05, 0) is 69.6 Å². The number of aromatic nitrogens is 5. The second kappa shape index (κ2) is 33.3. The minimum atomic E-state index is -1.43. The zero-order chi connectivity index (χ0) is 74.7. The van der Waals surface area contributed by atoms with Crippen LogP contribution in [0, 0.1) is 6.92 Å². The molecule has 0 bridgehead atoms. The van der Waals surface area contributed by atoms with E-state index in [4.69, 9.17) is 74.0 Å². The third kappa shape index (κ3) is 15.9. The molecule has 2 aliphatic rings. The number of esters is 5. The molecule has 2 amide bonds. The van der Waals surface area contributed by atoms with Crippen LogP contribution >= 0.6 is 69.7 Å². The van der Waals surface area contributed by atoms with Crippen LogP contribution in [0.3, 0.4) is 0 Å². The summed E-state index contributed by atoms with van der Waals surface area (Å²) in [4.78, 5) is 134. The van der Waals surface area contributed by atoms with E-state index in [9.17, 15) is 24.0 Å². The number of β-lactam (4-membered cyclic amide) rings is 1. The van der Waals surface area contributed by atoms with Gasteiger partial charge in [0, 0.05) is 17.2 Å². The van der Waals surface area contributed by atoms with Crippen LogP contribution in [0.1, 0.15) is 88.5 Å². The first-order valence-corrected chi connectivity index (χ1v) is 37.2. The Balaban J connectivity index is 0.873. The number of anilines is 1. The summed E-state index contributed by atoms with van der Waals surface area (Å²) in [6.07, 6.45) is -1.78. The van der Waals surface area contributed by atoms with Crippen LogP contribution < -0.4 is 25.3 Å². The number of carbonyl (C=O) groups excluding carboxylic acids is 8. The predicted molar refractivity (Wildman–Crippen MR) is 402 cm³/mol. The first kappa shape index (κ1) is 73.8. The Labute approximate surface area is 638 Å². The van der Waals surface area contributed by atoms with Crippen molar-refractivity contribution < 1.29 is 66.9 Å². The quantitative estimate of drug-likeness (QED) is 0.00486. The molecule has 3 aromatic heterocycles. The summed E-state index contributed by atoms with van der Waals surface area (Å²) in [6, 6.07) is 67.0. The maximum atomic E-state index is 15.6. The highest BCUT2D eigenvalue weighted by atomic mass is 35.5. The molecule has 29 heteroatoms. The number of thioether (sulfide) groups is 2. The number of carbonyl (C=O) groups is 8. The van der Waals surface area contributed by atoms with Gasteiger partial charge in [0.1, 0.15) is 55.5 Å². The highest BCUT2D eigenvalue weighted by molar-refractivity contribution is 8.01. The number of hydrogen-bond acceptors (Lipinski definition) is 23. The van der Waals surface area contributed by atoms with E-state index in [1.165, 1.54) is 32.9 Å². The lowest BCUT2D eigenvalue weighted by atomic mass is 9.70. The van der Waals surface area contributed by atoms with Crippen molar-refractivity contribution in [2.75, 3.05) is 34.9 Å². The van der Waals surface area contributed by atoms with Crippen LogP contribution in [0.2, 0.25) is 0 Å². The fourth-order valence-electron chi connectivity index (χ4n) is 12.1. The van der Waals surface area contributed by atoms with Crippen LogP contribution in [0.15, 0.2) is 252 Å². The van der Waals surface area contributed by atoms with Crippen molar-refractivity contribution in [2.45, 2.75) is 41.0 Å².